The molecule has 0 atom stereocenters. The quantitative estimate of drug-likeness (QED) is 0.925. The van der Waals surface area contributed by atoms with Gasteiger partial charge >= 0.3 is 5.97 Å². The highest BCUT2D eigenvalue weighted by atomic mass is 79.9. The lowest BCUT2D eigenvalue weighted by Gasteiger charge is -2.10. The number of pyridine rings is 1. The van der Waals surface area contributed by atoms with E-state index in [0.29, 0.717) is 0 Å². The third kappa shape index (κ3) is 2.31. The number of rotatable bonds is 2. The molecular weight excluding hydrogens is 282 g/mol. The molecule has 0 saturated heterocycles. The number of carboxylic acid groups (broad SMARTS) is 1. The maximum Gasteiger partial charge on any atom is 0.307 e. The molecule has 1 N–H and O–H groups in total. The Bertz CT molecular complexity index is 608. The molecule has 17 heavy (non-hydrogen) atoms. The number of aliphatic carboxylic acids is 1. The highest BCUT2D eigenvalue weighted by Crippen LogP contribution is 2.25. The van der Waals surface area contributed by atoms with E-state index in [1.54, 1.807) is 0 Å². The number of carboxylic acids is 1. The summed E-state index contributed by atoms with van der Waals surface area (Å²) in [5.74, 6) is -0.825. The van der Waals surface area contributed by atoms with Crippen molar-refractivity contribution in [1.29, 1.82) is 0 Å². The lowest BCUT2D eigenvalue weighted by molar-refractivity contribution is -0.136. The Labute approximate surface area is 108 Å². The van der Waals surface area contributed by atoms with Crippen LogP contribution in [-0.4, -0.2) is 16.1 Å². The SMILES string of the molecule is Cc1nc2cc(Br)ccc2c(C)c1CC(=O)O. The summed E-state index contributed by atoms with van der Waals surface area (Å²) in [5, 5.41) is 9.91. The van der Waals surface area contributed by atoms with Crippen molar-refractivity contribution in [2.45, 2.75) is 20.3 Å². The minimum Gasteiger partial charge on any atom is -0.481 e. The van der Waals surface area contributed by atoms with Gasteiger partial charge < -0.3 is 5.11 Å². The molecule has 2 rings (SSSR count). The summed E-state index contributed by atoms with van der Waals surface area (Å²) < 4.78 is 0.974. The van der Waals surface area contributed by atoms with Gasteiger partial charge in [-0.15, -0.1) is 0 Å². The topological polar surface area (TPSA) is 50.2 Å². The first-order valence-electron chi connectivity index (χ1n) is 5.26. The van der Waals surface area contributed by atoms with Gasteiger partial charge in [0, 0.05) is 15.6 Å². The number of benzene rings is 1. The molecule has 3 nitrogen and oxygen atoms in total. The van der Waals surface area contributed by atoms with Gasteiger partial charge in [0.1, 0.15) is 0 Å². The third-order valence-electron chi connectivity index (χ3n) is 2.87. The monoisotopic (exact) mass is 293 g/mol. The highest BCUT2D eigenvalue weighted by molar-refractivity contribution is 9.10. The van der Waals surface area contributed by atoms with E-state index in [1.807, 2.05) is 32.0 Å². The van der Waals surface area contributed by atoms with E-state index >= 15 is 0 Å². The van der Waals surface area contributed by atoms with Crippen molar-refractivity contribution in [2.75, 3.05) is 0 Å². The molecule has 0 unspecified atom stereocenters. The van der Waals surface area contributed by atoms with Crippen LogP contribution in [0.3, 0.4) is 0 Å². The molecule has 0 spiro atoms. The molecule has 0 aliphatic heterocycles. The fraction of sp³-hybridized carbons (Fsp3) is 0.231. The highest BCUT2D eigenvalue weighted by Gasteiger charge is 2.12. The maximum absolute atomic E-state index is 10.8. The van der Waals surface area contributed by atoms with E-state index in [1.165, 1.54) is 0 Å². The largest absolute Gasteiger partial charge is 0.481 e. The molecule has 0 radical (unpaired) electrons. The smallest absolute Gasteiger partial charge is 0.307 e. The number of nitrogens with zero attached hydrogens (tertiary/aromatic N) is 1. The first kappa shape index (κ1) is 12.0. The molecular formula is C13H12BrNO2. The fourth-order valence-electron chi connectivity index (χ4n) is 2.01. The van der Waals surface area contributed by atoms with Gasteiger partial charge in [0.05, 0.1) is 11.9 Å². The van der Waals surface area contributed by atoms with Gasteiger partial charge in [-0.1, -0.05) is 22.0 Å². The number of halogens is 1. The Balaban J connectivity index is 2.71. The first-order chi connectivity index (χ1) is 7.99. The van der Waals surface area contributed by atoms with E-state index in [-0.39, 0.29) is 6.42 Å². The Hall–Kier alpha value is -1.42. The molecule has 88 valence electrons. The van der Waals surface area contributed by atoms with Crippen molar-refractivity contribution in [3.63, 3.8) is 0 Å². The lowest BCUT2D eigenvalue weighted by atomic mass is 10.00. The summed E-state index contributed by atoms with van der Waals surface area (Å²) in [6.45, 7) is 3.80. The second-order valence-electron chi connectivity index (χ2n) is 4.03. The summed E-state index contributed by atoms with van der Waals surface area (Å²) in [7, 11) is 0. The molecule has 0 bridgehead atoms. The standard InChI is InChI=1S/C13H12BrNO2/c1-7-10-4-3-9(14)5-12(10)15-8(2)11(7)6-13(16)17/h3-5H,6H2,1-2H3,(H,16,17). The summed E-state index contributed by atoms with van der Waals surface area (Å²) in [6, 6.07) is 5.85. The Morgan fingerprint density at radius 1 is 1.41 bits per heavy atom. The van der Waals surface area contributed by atoms with Crippen LogP contribution in [-0.2, 0) is 11.2 Å². The number of hydrogen-bond donors (Lipinski definition) is 1. The van der Waals surface area contributed by atoms with Crippen LogP contribution < -0.4 is 0 Å². The van der Waals surface area contributed by atoms with Crippen LogP contribution in [0, 0.1) is 13.8 Å². The zero-order chi connectivity index (χ0) is 12.6. The molecule has 4 heteroatoms. The lowest BCUT2D eigenvalue weighted by Crippen LogP contribution is -2.06. The Morgan fingerprint density at radius 3 is 2.76 bits per heavy atom. The summed E-state index contributed by atoms with van der Waals surface area (Å²) in [5.41, 5.74) is 3.49. The molecule has 1 aromatic heterocycles. The van der Waals surface area contributed by atoms with E-state index in [4.69, 9.17) is 5.11 Å². The van der Waals surface area contributed by atoms with Crippen LogP contribution in [0.4, 0.5) is 0 Å². The van der Waals surface area contributed by atoms with Gasteiger partial charge in [0.25, 0.3) is 0 Å². The zero-order valence-corrected chi connectivity index (χ0v) is 11.2. The van der Waals surface area contributed by atoms with Gasteiger partial charge in [-0.25, -0.2) is 0 Å². The Kier molecular flexibility index (Phi) is 3.15. The minimum absolute atomic E-state index is 0.0245. The average molecular weight is 294 g/mol. The summed E-state index contributed by atoms with van der Waals surface area (Å²) in [4.78, 5) is 15.3. The predicted molar refractivity (Wildman–Crippen MR) is 70.3 cm³/mol. The van der Waals surface area contributed by atoms with Crippen LogP contribution in [0.2, 0.25) is 0 Å². The number of hydrogen-bond acceptors (Lipinski definition) is 2. The second-order valence-corrected chi connectivity index (χ2v) is 4.95. The zero-order valence-electron chi connectivity index (χ0n) is 9.62. The van der Waals surface area contributed by atoms with Gasteiger partial charge in [-0.2, -0.15) is 0 Å². The van der Waals surface area contributed by atoms with Crippen molar-refractivity contribution in [3.05, 3.63) is 39.5 Å². The van der Waals surface area contributed by atoms with E-state index in [2.05, 4.69) is 20.9 Å². The number of carbonyl (C=O) groups is 1. The van der Waals surface area contributed by atoms with Crippen molar-refractivity contribution in [2.24, 2.45) is 0 Å². The van der Waals surface area contributed by atoms with Crippen LogP contribution >= 0.6 is 15.9 Å². The fourth-order valence-corrected chi connectivity index (χ4v) is 2.36. The predicted octanol–water partition coefficient (Wildman–Crippen LogP) is 3.24. The normalized spacial score (nSPS) is 10.8. The Morgan fingerprint density at radius 2 is 2.12 bits per heavy atom. The van der Waals surface area contributed by atoms with Crippen LogP contribution in [0.1, 0.15) is 16.8 Å². The molecule has 1 aromatic carbocycles. The van der Waals surface area contributed by atoms with Crippen molar-refractivity contribution in [1.82, 2.24) is 4.98 Å². The van der Waals surface area contributed by atoms with Gasteiger partial charge in [-0.3, -0.25) is 9.78 Å². The first-order valence-corrected chi connectivity index (χ1v) is 6.05. The van der Waals surface area contributed by atoms with Crippen LogP contribution in [0.5, 0.6) is 0 Å². The molecule has 0 amide bonds. The summed E-state index contributed by atoms with van der Waals surface area (Å²) in [6.07, 6.45) is 0.0245. The molecule has 0 fully saturated rings. The molecule has 0 aliphatic carbocycles. The van der Waals surface area contributed by atoms with Gasteiger partial charge in [-0.05, 0) is 37.1 Å². The van der Waals surface area contributed by atoms with E-state index in [0.717, 1.165) is 32.2 Å². The van der Waals surface area contributed by atoms with E-state index in [9.17, 15) is 4.79 Å². The van der Waals surface area contributed by atoms with Crippen molar-refractivity contribution < 1.29 is 9.90 Å². The number of fused-ring (bicyclic) bond motifs is 1. The third-order valence-corrected chi connectivity index (χ3v) is 3.36. The van der Waals surface area contributed by atoms with Gasteiger partial charge in [0.15, 0.2) is 0 Å². The van der Waals surface area contributed by atoms with Crippen LogP contribution in [0.25, 0.3) is 10.9 Å². The maximum atomic E-state index is 10.8. The molecule has 0 saturated carbocycles. The molecule has 1 heterocycles. The number of aryl methyl sites for hydroxylation is 2. The van der Waals surface area contributed by atoms with E-state index < -0.39 is 5.97 Å². The van der Waals surface area contributed by atoms with Gasteiger partial charge in [0.2, 0.25) is 0 Å². The van der Waals surface area contributed by atoms with Crippen molar-refractivity contribution in [3.8, 4) is 0 Å². The molecule has 2 aromatic rings. The van der Waals surface area contributed by atoms with Crippen molar-refractivity contribution >= 4 is 32.8 Å². The second kappa shape index (κ2) is 4.45. The minimum atomic E-state index is -0.825. The average Bonchev–Trinajstić information content (AvgIpc) is 2.23. The number of aromatic nitrogens is 1. The van der Waals surface area contributed by atoms with Crippen LogP contribution in [0.15, 0.2) is 22.7 Å². The molecule has 0 aliphatic rings. The summed E-state index contributed by atoms with van der Waals surface area (Å²) >= 11 is 3.41.